The molecule has 1 saturated carbocycles. The van der Waals surface area contributed by atoms with Crippen LogP contribution in [0, 0.1) is 5.92 Å². The first-order chi connectivity index (χ1) is 8.76. The summed E-state index contributed by atoms with van der Waals surface area (Å²) in [6.07, 6.45) is 3.85. The lowest BCUT2D eigenvalue weighted by Crippen LogP contribution is -2.37. The van der Waals surface area contributed by atoms with Gasteiger partial charge in [0.1, 0.15) is 5.75 Å². The topological polar surface area (TPSA) is 38.5 Å². The number of hydrogen-bond donors (Lipinski definition) is 1. The maximum Gasteiger partial charge on any atom is 0.123 e. The highest BCUT2D eigenvalue weighted by atomic mass is 16.5. The largest absolute Gasteiger partial charge is 0.496 e. The van der Waals surface area contributed by atoms with Crippen molar-refractivity contribution < 1.29 is 4.74 Å². The molecule has 0 aliphatic heterocycles. The fraction of sp³-hybridized carbons (Fsp3) is 0.600. The third-order valence-electron chi connectivity index (χ3n) is 4.10. The zero-order valence-electron chi connectivity index (χ0n) is 11.4. The average Bonchev–Trinajstić information content (AvgIpc) is 2.87. The fourth-order valence-electron chi connectivity index (χ4n) is 3.09. The van der Waals surface area contributed by atoms with Crippen LogP contribution in [0.15, 0.2) is 24.3 Å². The van der Waals surface area contributed by atoms with E-state index in [1.54, 1.807) is 7.11 Å². The Morgan fingerprint density at radius 3 is 2.83 bits per heavy atom. The Kier molecular flexibility index (Phi) is 4.61. The summed E-state index contributed by atoms with van der Waals surface area (Å²) < 4.78 is 5.41. The Morgan fingerprint density at radius 2 is 2.11 bits per heavy atom. The van der Waals surface area contributed by atoms with E-state index in [2.05, 4.69) is 24.1 Å². The van der Waals surface area contributed by atoms with Gasteiger partial charge in [-0.2, -0.15) is 0 Å². The number of ether oxygens (including phenoxy) is 1. The molecule has 1 fully saturated rings. The van der Waals surface area contributed by atoms with Crippen molar-refractivity contribution in [3.05, 3.63) is 29.8 Å². The van der Waals surface area contributed by atoms with Crippen molar-refractivity contribution in [2.45, 2.75) is 31.8 Å². The lowest BCUT2D eigenvalue weighted by molar-refractivity contribution is 0.191. The molecule has 0 amide bonds. The molecule has 1 aromatic carbocycles. The molecule has 2 rings (SSSR count). The molecule has 2 atom stereocenters. The van der Waals surface area contributed by atoms with E-state index >= 15 is 0 Å². The number of nitrogens with zero attached hydrogens (tertiary/aromatic N) is 1. The Bertz CT molecular complexity index is 381. The molecule has 3 nitrogen and oxygen atoms in total. The molecular formula is C15H24N2O. The standard InChI is InChI=1S/C15H24N2O/c1-17(14-8-5-7-12(14)10-16)11-13-6-3-4-9-15(13)18-2/h3-4,6,9,12,14H,5,7-8,10-11,16H2,1-2H3. The Labute approximate surface area is 110 Å². The van der Waals surface area contributed by atoms with Crippen LogP contribution in [0.25, 0.3) is 0 Å². The van der Waals surface area contributed by atoms with Crippen molar-refractivity contribution in [1.29, 1.82) is 0 Å². The second-order valence-electron chi connectivity index (χ2n) is 5.22. The van der Waals surface area contributed by atoms with E-state index in [9.17, 15) is 0 Å². The van der Waals surface area contributed by atoms with Crippen LogP contribution in [0.5, 0.6) is 5.75 Å². The SMILES string of the molecule is COc1ccccc1CN(C)C1CCCC1CN. The van der Waals surface area contributed by atoms with E-state index in [0.717, 1.165) is 18.8 Å². The Balaban J connectivity index is 2.04. The summed E-state index contributed by atoms with van der Waals surface area (Å²) in [5, 5.41) is 0. The quantitative estimate of drug-likeness (QED) is 0.868. The molecule has 0 radical (unpaired) electrons. The maximum absolute atomic E-state index is 5.86. The highest BCUT2D eigenvalue weighted by Crippen LogP contribution is 2.30. The second kappa shape index (κ2) is 6.21. The van der Waals surface area contributed by atoms with Gasteiger partial charge in [-0.15, -0.1) is 0 Å². The second-order valence-corrected chi connectivity index (χ2v) is 5.22. The molecule has 2 N–H and O–H groups in total. The predicted molar refractivity (Wildman–Crippen MR) is 74.6 cm³/mol. The lowest BCUT2D eigenvalue weighted by Gasteiger charge is -2.29. The minimum absolute atomic E-state index is 0.625. The van der Waals surface area contributed by atoms with Crippen molar-refractivity contribution >= 4 is 0 Å². The van der Waals surface area contributed by atoms with Gasteiger partial charge in [-0.25, -0.2) is 0 Å². The Hall–Kier alpha value is -1.06. The number of benzene rings is 1. The number of nitrogens with two attached hydrogens (primary N) is 1. The molecule has 0 spiro atoms. The van der Waals surface area contributed by atoms with Crippen molar-refractivity contribution in [2.24, 2.45) is 11.7 Å². The van der Waals surface area contributed by atoms with Gasteiger partial charge in [-0.05, 0) is 38.4 Å². The lowest BCUT2D eigenvalue weighted by atomic mass is 10.0. The molecule has 0 heterocycles. The molecule has 100 valence electrons. The third kappa shape index (κ3) is 2.85. The minimum atomic E-state index is 0.625. The van der Waals surface area contributed by atoms with Gasteiger partial charge in [0.15, 0.2) is 0 Å². The van der Waals surface area contributed by atoms with E-state index in [1.165, 1.54) is 24.8 Å². The predicted octanol–water partition coefficient (Wildman–Crippen LogP) is 2.25. The first-order valence-electron chi connectivity index (χ1n) is 6.78. The molecule has 0 saturated heterocycles. The first-order valence-corrected chi connectivity index (χ1v) is 6.78. The van der Waals surface area contributed by atoms with Gasteiger partial charge in [0.25, 0.3) is 0 Å². The summed E-state index contributed by atoms with van der Waals surface area (Å²) in [5.74, 6) is 1.64. The van der Waals surface area contributed by atoms with Crippen LogP contribution in [0.3, 0.4) is 0 Å². The fourth-order valence-corrected chi connectivity index (χ4v) is 3.09. The van der Waals surface area contributed by atoms with E-state index in [0.29, 0.717) is 12.0 Å². The monoisotopic (exact) mass is 248 g/mol. The zero-order chi connectivity index (χ0) is 13.0. The normalized spacial score (nSPS) is 23.6. The van der Waals surface area contributed by atoms with Gasteiger partial charge in [-0.3, -0.25) is 4.90 Å². The molecule has 1 aromatic rings. The van der Waals surface area contributed by atoms with E-state index in [-0.39, 0.29) is 0 Å². The minimum Gasteiger partial charge on any atom is -0.496 e. The summed E-state index contributed by atoms with van der Waals surface area (Å²) in [7, 11) is 3.93. The summed E-state index contributed by atoms with van der Waals surface area (Å²) >= 11 is 0. The molecule has 18 heavy (non-hydrogen) atoms. The zero-order valence-corrected chi connectivity index (χ0v) is 11.4. The van der Waals surface area contributed by atoms with E-state index in [1.807, 2.05) is 12.1 Å². The number of rotatable bonds is 5. The van der Waals surface area contributed by atoms with Gasteiger partial charge < -0.3 is 10.5 Å². The van der Waals surface area contributed by atoms with Crippen LogP contribution in [0.4, 0.5) is 0 Å². The summed E-state index contributed by atoms with van der Waals surface area (Å²) in [6, 6.07) is 8.88. The molecule has 1 aliphatic carbocycles. The van der Waals surface area contributed by atoms with Crippen molar-refractivity contribution in [3.8, 4) is 5.75 Å². The summed E-state index contributed by atoms with van der Waals surface area (Å²) in [4.78, 5) is 2.43. The van der Waals surface area contributed by atoms with Gasteiger partial charge in [0.2, 0.25) is 0 Å². The molecule has 0 aromatic heterocycles. The summed E-state index contributed by atoms with van der Waals surface area (Å²) in [6.45, 7) is 1.74. The van der Waals surface area contributed by atoms with Gasteiger partial charge in [0.05, 0.1) is 7.11 Å². The molecule has 3 heteroatoms. The van der Waals surface area contributed by atoms with Crippen LogP contribution in [0.1, 0.15) is 24.8 Å². The number of hydrogen-bond acceptors (Lipinski definition) is 3. The highest BCUT2D eigenvalue weighted by Gasteiger charge is 2.29. The average molecular weight is 248 g/mol. The van der Waals surface area contributed by atoms with E-state index in [4.69, 9.17) is 10.5 Å². The Morgan fingerprint density at radius 1 is 1.33 bits per heavy atom. The van der Waals surface area contributed by atoms with Crippen LogP contribution >= 0.6 is 0 Å². The van der Waals surface area contributed by atoms with E-state index < -0.39 is 0 Å². The molecule has 2 unspecified atom stereocenters. The van der Waals surface area contributed by atoms with Gasteiger partial charge in [0, 0.05) is 18.2 Å². The van der Waals surface area contributed by atoms with Gasteiger partial charge in [-0.1, -0.05) is 24.6 Å². The third-order valence-corrected chi connectivity index (χ3v) is 4.10. The first kappa shape index (κ1) is 13.4. The van der Waals surface area contributed by atoms with Crippen LogP contribution in [-0.2, 0) is 6.54 Å². The van der Waals surface area contributed by atoms with Crippen molar-refractivity contribution in [2.75, 3.05) is 20.7 Å². The van der Waals surface area contributed by atoms with Crippen LogP contribution in [0.2, 0.25) is 0 Å². The maximum atomic E-state index is 5.86. The van der Waals surface area contributed by atoms with Crippen LogP contribution < -0.4 is 10.5 Å². The van der Waals surface area contributed by atoms with Crippen molar-refractivity contribution in [1.82, 2.24) is 4.90 Å². The molecule has 1 aliphatic rings. The number of methoxy groups -OCH3 is 1. The number of para-hydroxylation sites is 1. The molecular weight excluding hydrogens is 224 g/mol. The van der Waals surface area contributed by atoms with Gasteiger partial charge >= 0.3 is 0 Å². The smallest absolute Gasteiger partial charge is 0.123 e. The molecule has 0 bridgehead atoms. The highest BCUT2D eigenvalue weighted by molar-refractivity contribution is 5.33. The summed E-state index contributed by atoms with van der Waals surface area (Å²) in [5.41, 5.74) is 7.11. The van der Waals surface area contributed by atoms with Crippen molar-refractivity contribution in [3.63, 3.8) is 0 Å². The van der Waals surface area contributed by atoms with Crippen LogP contribution in [-0.4, -0.2) is 31.6 Å².